The largest absolute Gasteiger partial charge is 0.472 e. The molecule has 0 unspecified atom stereocenters. The van der Waals surface area contributed by atoms with Crippen LogP contribution in [0.3, 0.4) is 0 Å². The summed E-state index contributed by atoms with van der Waals surface area (Å²) >= 11 is 0. The van der Waals surface area contributed by atoms with E-state index in [0.717, 1.165) is 9.87 Å². The Morgan fingerprint density at radius 2 is 1.80 bits per heavy atom. The Labute approximate surface area is 269 Å². The smallest absolute Gasteiger partial charge is 0.410 e. The number of fused-ring (bicyclic) bond motifs is 1. The second-order valence-corrected chi connectivity index (χ2v) is 14.7. The third-order valence-corrected chi connectivity index (χ3v) is 9.67. The number of nitriles is 1. The van der Waals surface area contributed by atoms with E-state index in [-0.39, 0.29) is 24.0 Å². The van der Waals surface area contributed by atoms with Gasteiger partial charge >= 0.3 is 6.09 Å². The summed E-state index contributed by atoms with van der Waals surface area (Å²) in [6.45, 7) is 6.52. The summed E-state index contributed by atoms with van der Waals surface area (Å²) in [6.07, 6.45) is 2.35. The first-order chi connectivity index (χ1) is 21.8. The van der Waals surface area contributed by atoms with E-state index in [1.807, 2.05) is 61.9 Å². The van der Waals surface area contributed by atoms with E-state index in [0.29, 0.717) is 54.2 Å². The van der Waals surface area contributed by atoms with Crippen molar-refractivity contribution >= 4 is 38.5 Å². The van der Waals surface area contributed by atoms with E-state index in [1.54, 1.807) is 29.3 Å². The number of anilines is 2. The quantitative estimate of drug-likeness (QED) is 0.245. The normalized spacial score (nSPS) is 15.0. The Morgan fingerprint density at radius 3 is 2.46 bits per heavy atom. The number of piperidine rings is 1. The van der Waals surface area contributed by atoms with Gasteiger partial charge in [0.15, 0.2) is 5.82 Å². The summed E-state index contributed by atoms with van der Waals surface area (Å²) in [5.74, 6) is 0.739. The molecule has 2 aromatic carbocycles. The number of nitrogens with one attached hydrogen (secondary N) is 1. The fourth-order valence-electron chi connectivity index (χ4n) is 5.44. The molecule has 13 heteroatoms. The molecular formula is C33H39N7O5S. The standard InChI is InChI=1S/C33H39N7O5S/c1-32(2,3)45-31(41)39-20-16-33(15-18-34,17-21-39)40-27-14-19-35-30(44-23-24-10-7-6-8-11-24)28(27)29(37-40)36-25-12-9-13-26(22-25)46(42,43)38(4)5/h6-14,19,22H,15-17,20-21,23H2,1-5H3,(H,36,37). The van der Waals surface area contributed by atoms with Gasteiger partial charge in [0.05, 0.1) is 28.4 Å². The number of rotatable bonds is 9. The van der Waals surface area contributed by atoms with Gasteiger partial charge in [-0.2, -0.15) is 10.4 Å². The number of aromatic nitrogens is 3. The number of likely N-dealkylation sites (tertiary alicyclic amines) is 1. The minimum atomic E-state index is -3.68. The summed E-state index contributed by atoms with van der Waals surface area (Å²) in [5, 5.41) is 18.9. The molecule has 2 aromatic heterocycles. The second kappa shape index (κ2) is 13.0. The van der Waals surface area contributed by atoms with Gasteiger partial charge in [0.2, 0.25) is 15.9 Å². The number of amides is 1. The van der Waals surface area contributed by atoms with Crippen molar-refractivity contribution in [1.82, 2.24) is 24.0 Å². The molecule has 46 heavy (non-hydrogen) atoms. The number of benzene rings is 2. The molecule has 0 aliphatic carbocycles. The highest BCUT2D eigenvalue weighted by molar-refractivity contribution is 7.89. The van der Waals surface area contributed by atoms with E-state index < -0.39 is 21.2 Å². The number of nitrogens with zero attached hydrogens (tertiary/aromatic N) is 6. The molecule has 0 atom stereocenters. The molecule has 1 fully saturated rings. The zero-order valence-electron chi connectivity index (χ0n) is 26.7. The van der Waals surface area contributed by atoms with Crippen molar-refractivity contribution in [3.8, 4) is 11.9 Å². The topological polar surface area (TPSA) is 143 Å². The first-order valence-corrected chi connectivity index (χ1v) is 16.5. The van der Waals surface area contributed by atoms with Gasteiger partial charge in [0, 0.05) is 39.1 Å². The average Bonchev–Trinajstić information content (AvgIpc) is 3.39. The second-order valence-electron chi connectivity index (χ2n) is 12.5. The van der Waals surface area contributed by atoms with Gasteiger partial charge < -0.3 is 19.7 Å². The molecule has 3 heterocycles. The minimum Gasteiger partial charge on any atom is -0.472 e. The van der Waals surface area contributed by atoms with Crippen LogP contribution in [0.25, 0.3) is 10.9 Å². The van der Waals surface area contributed by atoms with Crippen molar-refractivity contribution in [2.24, 2.45) is 0 Å². The van der Waals surface area contributed by atoms with Crippen LogP contribution in [-0.4, -0.2) is 71.3 Å². The van der Waals surface area contributed by atoms with Crippen LogP contribution in [0.1, 0.15) is 45.6 Å². The number of ether oxygens (including phenoxy) is 2. The molecule has 1 N–H and O–H groups in total. The van der Waals surface area contributed by atoms with E-state index >= 15 is 0 Å². The summed E-state index contributed by atoms with van der Waals surface area (Å²) in [4.78, 5) is 19.2. The Hall–Kier alpha value is -4.67. The Balaban J connectivity index is 1.57. The number of carbonyl (C=O) groups is 1. The van der Waals surface area contributed by atoms with Crippen molar-refractivity contribution in [2.45, 2.75) is 62.7 Å². The van der Waals surface area contributed by atoms with Crippen molar-refractivity contribution in [2.75, 3.05) is 32.5 Å². The van der Waals surface area contributed by atoms with Crippen molar-refractivity contribution in [3.05, 3.63) is 72.4 Å². The SMILES string of the molecule is CN(C)S(=O)(=O)c1cccc(Nc2nn(C3(CC#N)CCN(C(=O)OC(C)(C)C)CC3)c3ccnc(OCc4ccccc4)c23)c1. The predicted molar refractivity (Wildman–Crippen MR) is 174 cm³/mol. The summed E-state index contributed by atoms with van der Waals surface area (Å²) < 4.78 is 40.6. The number of pyridine rings is 1. The molecule has 242 valence electrons. The highest BCUT2D eigenvalue weighted by Crippen LogP contribution is 2.41. The fourth-order valence-corrected chi connectivity index (χ4v) is 6.39. The van der Waals surface area contributed by atoms with Gasteiger partial charge in [0.25, 0.3) is 0 Å². The predicted octanol–water partition coefficient (Wildman–Crippen LogP) is 5.64. The number of hydrogen-bond donors (Lipinski definition) is 1. The van der Waals surface area contributed by atoms with Crippen LogP contribution >= 0.6 is 0 Å². The zero-order chi connectivity index (χ0) is 33.1. The van der Waals surface area contributed by atoms with Crippen LogP contribution in [0.5, 0.6) is 5.88 Å². The van der Waals surface area contributed by atoms with E-state index in [1.165, 1.54) is 20.2 Å². The van der Waals surface area contributed by atoms with Gasteiger partial charge in [0.1, 0.15) is 17.6 Å². The maximum Gasteiger partial charge on any atom is 0.410 e. The Bertz CT molecular complexity index is 1850. The van der Waals surface area contributed by atoms with E-state index in [9.17, 15) is 18.5 Å². The highest BCUT2D eigenvalue weighted by Gasteiger charge is 2.41. The van der Waals surface area contributed by atoms with Gasteiger partial charge in [-0.25, -0.2) is 22.5 Å². The lowest BCUT2D eigenvalue weighted by Gasteiger charge is -2.41. The van der Waals surface area contributed by atoms with Crippen molar-refractivity contribution in [3.63, 3.8) is 0 Å². The van der Waals surface area contributed by atoms with Gasteiger partial charge in [-0.1, -0.05) is 36.4 Å². The molecule has 0 radical (unpaired) electrons. The fraction of sp³-hybridized carbons (Fsp3) is 0.394. The monoisotopic (exact) mass is 645 g/mol. The van der Waals surface area contributed by atoms with Crippen molar-refractivity contribution < 1.29 is 22.7 Å². The molecule has 1 aliphatic rings. The van der Waals surface area contributed by atoms with Gasteiger partial charge in [-0.15, -0.1) is 0 Å². The molecule has 5 rings (SSSR count). The van der Waals surface area contributed by atoms with Crippen LogP contribution < -0.4 is 10.1 Å². The molecule has 0 spiro atoms. The van der Waals surface area contributed by atoms with Gasteiger partial charge in [-0.3, -0.25) is 4.68 Å². The Kier molecular flexibility index (Phi) is 9.23. The lowest BCUT2D eigenvalue weighted by atomic mass is 9.85. The maximum atomic E-state index is 12.9. The minimum absolute atomic E-state index is 0.125. The highest BCUT2D eigenvalue weighted by atomic mass is 32.2. The van der Waals surface area contributed by atoms with Crippen LogP contribution in [0.4, 0.5) is 16.3 Å². The van der Waals surface area contributed by atoms with Crippen LogP contribution in [0.2, 0.25) is 0 Å². The number of carbonyl (C=O) groups excluding carboxylic acids is 1. The zero-order valence-corrected chi connectivity index (χ0v) is 27.5. The summed E-state index contributed by atoms with van der Waals surface area (Å²) in [6, 6.07) is 20.4. The maximum absolute atomic E-state index is 12.9. The molecule has 12 nitrogen and oxygen atoms in total. The lowest BCUT2D eigenvalue weighted by molar-refractivity contribution is 0.0110. The molecule has 0 saturated carbocycles. The first kappa shape index (κ1) is 32.7. The molecular weight excluding hydrogens is 606 g/mol. The van der Waals surface area contributed by atoms with Crippen LogP contribution in [-0.2, 0) is 26.9 Å². The van der Waals surface area contributed by atoms with Gasteiger partial charge in [-0.05, 0) is 63.4 Å². The van der Waals surface area contributed by atoms with Crippen LogP contribution in [0.15, 0.2) is 71.8 Å². The van der Waals surface area contributed by atoms with Crippen LogP contribution in [0, 0.1) is 11.3 Å². The third kappa shape index (κ3) is 6.93. The Morgan fingerprint density at radius 1 is 1.09 bits per heavy atom. The van der Waals surface area contributed by atoms with E-state index in [4.69, 9.17) is 14.6 Å². The number of sulfonamides is 1. The van der Waals surface area contributed by atoms with Crippen molar-refractivity contribution in [1.29, 1.82) is 5.26 Å². The van der Waals surface area contributed by atoms with E-state index in [2.05, 4.69) is 16.4 Å². The number of hydrogen-bond acceptors (Lipinski definition) is 9. The molecule has 4 aromatic rings. The third-order valence-electron chi connectivity index (χ3n) is 7.86. The average molecular weight is 646 g/mol. The molecule has 1 saturated heterocycles. The summed E-state index contributed by atoms with van der Waals surface area (Å²) in [5.41, 5.74) is 0.795. The molecule has 1 amide bonds. The molecule has 0 bridgehead atoms. The molecule has 1 aliphatic heterocycles. The first-order valence-electron chi connectivity index (χ1n) is 15.0. The summed E-state index contributed by atoms with van der Waals surface area (Å²) in [7, 11) is -0.719. The lowest BCUT2D eigenvalue weighted by Crippen LogP contribution is -2.49.